The minimum absolute atomic E-state index is 0.354. The number of carbonyl (C=O) groups excluding carboxylic acids is 1. The molecule has 2 N–H and O–H groups in total. The Morgan fingerprint density at radius 2 is 1.76 bits per heavy atom. The van der Waals surface area contributed by atoms with Crippen LogP contribution < -0.4 is 24.8 Å². The number of hydrogen-bond acceptors (Lipinski definition) is 5. The first-order chi connectivity index (χ1) is 14.1. The molecule has 0 aliphatic heterocycles. The van der Waals surface area contributed by atoms with Crippen molar-refractivity contribution in [2.24, 2.45) is 0 Å². The lowest BCUT2D eigenvalue weighted by atomic mass is 10.2. The Balaban J connectivity index is 1.50. The summed E-state index contributed by atoms with van der Waals surface area (Å²) in [5, 5.41) is 6.18. The summed E-state index contributed by atoms with van der Waals surface area (Å²) >= 11 is 0. The number of halogens is 1. The second-order valence-electron chi connectivity index (χ2n) is 6.12. The van der Waals surface area contributed by atoms with Gasteiger partial charge < -0.3 is 24.8 Å². The Bertz CT molecular complexity index is 980. The molecule has 0 fully saturated rings. The minimum atomic E-state index is -0.359. The van der Waals surface area contributed by atoms with E-state index in [9.17, 15) is 9.18 Å². The second-order valence-corrected chi connectivity index (χ2v) is 6.12. The molecule has 7 nitrogen and oxygen atoms in total. The number of fused-ring (bicyclic) bond motifs is 1. The molecule has 0 atom stereocenters. The van der Waals surface area contributed by atoms with Crippen molar-refractivity contribution < 1.29 is 23.4 Å². The lowest BCUT2D eigenvalue weighted by molar-refractivity contribution is 0.250. The zero-order valence-corrected chi connectivity index (χ0v) is 16.2. The van der Waals surface area contributed by atoms with Gasteiger partial charge in [0.15, 0.2) is 11.5 Å². The van der Waals surface area contributed by atoms with Crippen molar-refractivity contribution in [3.8, 4) is 17.2 Å². The van der Waals surface area contributed by atoms with Gasteiger partial charge in [-0.3, -0.25) is 4.98 Å². The van der Waals surface area contributed by atoms with Crippen LogP contribution in [0.15, 0.2) is 48.7 Å². The van der Waals surface area contributed by atoms with Gasteiger partial charge in [0.2, 0.25) is 0 Å². The third-order valence-electron chi connectivity index (χ3n) is 4.17. The number of amides is 2. The minimum Gasteiger partial charge on any atom is -0.493 e. The second kappa shape index (κ2) is 9.59. The molecule has 3 rings (SSSR count). The molecule has 3 aromatic rings. The lowest BCUT2D eigenvalue weighted by Crippen LogP contribution is -2.30. The third-order valence-corrected chi connectivity index (χ3v) is 4.17. The number of methoxy groups -OCH3 is 2. The van der Waals surface area contributed by atoms with Crippen LogP contribution >= 0.6 is 0 Å². The van der Waals surface area contributed by atoms with Crippen LogP contribution in [0.1, 0.15) is 6.42 Å². The predicted octanol–water partition coefficient (Wildman–Crippen LogP) is 3.98. The van der Waals surface area contributed by atoms with Gasteiger partial charge in [-0.25, -0.2) is 9.18 Å². The molecule has 0 spiro atoms. The first kappa shape index (κ1) is 20.2. The summed E-state index contributed by atoms with van der Waals surface area (Å²) in [6.07, 6.45) is 2.27. The van der Waals surface area contributed by atoms with Gasteiger partial charge in [-0.2, -0.15) is 0 Å². The molecule has 0 saturated heterocycles. The van der Waals surface area contributed by atoms with Crippen LogP contribution in [0.3, 0.4) is 0 Å². The largest absolute Gasteiger partial charge is 0.493 e. The summed E-state index contributed by atoms with van der Waals surface area (Å²) in [6.45, 7) is 0.831. The molecule has 29 heavy (non-hydrogen) atoms. The topological polar surface area (TPSA) is 81.7 Å². The van der Waals surface area contributed by atoms with E-state index in [0.29, 0.717) is 42.5 Å². The first-order valence-corrected chi connectivity index (χ1v) is 9.04. The zero-order chi connectivity index (χ0) is 20.6. The van der Waals surface area contributed by atoms with E-state index in [0.717, 1.165) is 10.9 Å². The Hall–Kier alpha value is -3.55. The zero-order valence-electron chi connectivity index (χ0n) is 16.2. The summed E-state index contributed by atoms with van der Waals surface area (Å²) in [7, 11) is 3.15. The van der Waals surface area contributed by atoms with Crippen molar-refractivity contribution in [2.45, 2.75) is 6.42 Å². The smallest absolute Gasteiger partial charge is 0.319 e. The van der Waals surface area contributed by atoms with E-state index in [1.165, 1.54) is 24.3 Å². The van der Waals surface area contributed by atoms with Crippen LogP contribution in [0.5, 0.6) is 17.2 Å². The quantitative estimate of drug-likeness (QED) is 0.560. The summed E-state index contributed by atoms with van der Waals surface area (Å²) in [6, 6.07) is 10.6. The summed E-state index contributed by atoms with van der Waals surface area (Å²) in [5.41, 5.74) is 1.25. The van der Waals surface area contributed by atoms with Gasteiger partial charge >= 0.3 is 6.03 Å². The van der Waals surface area contributed by atoms with Crippen LogP contribution in [0.25, 0.3) is 10.9 Å². The van der Waals surface area contributed by atoms with Crippen LogP contribution in [0.2, 0.25) is 0 Å². The molecule has 0 saturated carbocycles. The number of nitrogens with one attached hydrogen (secondary N) is 2. The molecule has 0 aliphatic carbocycles. The number of nitrogens with zero attached hydrogens (tertiary/aromatic N) is 1. The molecule has 1 heterocycles. The highest BCUT2D eigenvalue weighted by atomic mass is 19.1. The lowest BCUT2D eigenvalue weighted by Gasteiger charge is -2.12. The van der Waals surface area contributed by atoms with Gasteiger partial charge in [0.25, 0.3) is 0 Å². The maximum Gasteiger partial charge on any atom is 0.319 e. The number of benzene rings is 2. The molecule has 0 unspecified atom stereocenters. The number of ether oxygens (including phenoxy) is 3. The average molecular weight is 399 g/mol. The summed E-state index contributed by atoms with van der Waals surface area (Å²) in [4.78, 5) is 16.2. The Morgan fingerprint density at radius 1 is 1.03 bits per heavy atom. The normalized spacial score (nSPS) is 10.4. The van der Waals surface area contributed by atoms with E-state index in [1.54, 1.807) is 32.5 Å². The first-order valence-electron chi connectivity index (χ1n) is 9.04. The highest BCUT2D eigenvalue weighted by Gasteiger charge is 2.10. The van der Waals surface area contributed by atoms with Crippen LogP contribution in [0, 0.1) is 5.82 Å². The van der Waals surface area contributed by atoms with Crippen molar-refractivity contribution in [2.75, 3.05) is 32.7 Å². The Kier molecular flexibility index (Phi) is 6.67. The fourth-order valence-corrected chi connectivity index (χ4v) is 2.74. The molecule has 2 aromatic carbocycles. The summed E-state index contributed by atoms with van der Waals surface area (Å²) in [5.74, 6) is 1.51. The van der Waals surface area contributed by atoms with Crippen molar-refractivity contribution >= 4 is 22.6 Å². The maximum atomic E-state index is 12.9. The highest BCUT2D eigenvalue weighted by Crippen LogP contribution is 2.35. The van der Waals surface area contributed by atoms with Crippen molar-refractivity contribution in [3.05, 3.63) is 54.5 Å². The van der Waals surface area contributed by atoms with Crippen LogP contribution in [0.4, 0.5) is 14.9 Å². The Labute approximate surface area is 167 Å². The fourth-order valence-electron chi connectivity index (χ4n) is 2.74. The van der Waals surface area contributed by atoms with Gasteiger partial charge in [0.05, 0.1) is 26.3 Å². The monoisotopic (exact) mass is 399 g/mol. The van der Waals surface area contributed by atoms with Crippen molar-refractivity contribution in [1.82, 2.24) is 10.3 Å². The molecule has 2 amide bonds. The molecule has 0 aliphatic rings. The number of aromatic nitrogens is 1. The molecule has 1 aromatic heterocycles. The Morgan fingerprint density at radius 3 is 2.48 bits per heavy atom. The average Bonchev–Trinajstić information content (AvgIpc) is 2.74. The van der Waals surface area contributed by atoms with Crippen LogP contribution in [-0.2, 0) is 0 Å². The van der Waals surface area contributed by atoms with Crippen molar-refractivity contribution in [3.63, 3.8) is 0 Å². The van der Waals surface area contributed by atoms with Gasteiger partial charge in [-0.1, -0.05) is 0 Å². The van der Waals surface area contributed by atoms with Gasteiger partial charge in [0, 0.05) is 29.9 Å². The van der Waals surface area contributed by atoms with Crippen LogP contribution in [-0.4, -0.2) is 38.4 Å². The number of rotatable bonds is 8. The number of pyridine rings is 1. The number of hydrogen-bond donors (Lipinski definition) is 2. The third kappa shape index (κ3) is 5.25. The van der Waals surface area contributed by atoms with E-state index in [-0.39, 0.29) is 11.8 Å². The summed E-state index contributed by atoms with van der Waals surface area (Å²) < 4.78 is 29.4. The molecular weight excluding hydrogens is 377 g/mol. The van der Waals surface area contributed by atoms with Gasteiger partial charge in [-0.05, 0) is 42.8 Å². The highest BCUT2D eigenvalue weighted by molar-refractivity contribution is 5.89. The molecular formula is C21H22FN3O4. The number of urea groups is 1. The maximum absolute atomic E-state index is 12.9. The van der Waals surface area contributed by atoms with E-state index in [4.69, 9.17) is 14.2 Å². The van der Waals surface area contributed by atoms with E-state index < -0.39 is 0 Å². The predicted molar refractivity (Wildman–Crippen MR) is 108 cm³/mol. The molecule has 0 radical (unpaired) electrons. The van der Waals surface area contributed by atoms with E-state index in [1.807, 2.05) is 6.07 Å². The van der Waals surface area contributed by atoms with Gasteiger partial charge in [0.1, 0.15) is 11.6 Å². The van der Waals surface area contributed by atoms with E-state index in [2.05, 4.69) is 15.6 Å². The van der Waals surface area contributed by atoms with Gasteiger partial charge in [-0.15, -0.1) is 0 Å². The number of anilines is 1. The van der Waals surface area contributed by atoms with E-state index >= 15 is 0 Å². The molecule has 8 heteroatoms. The van der Waals surface area contributed by atoms with Crippen molar-refractivity contribution in [1.29, 1.82) is 0 Å². The standard InChI is InChI=1S/C21H22FN3O4/c1-27-19-12-16-17(13-20(19)28-2)23-10-8-18(16)29-11-3-9-24-21(26)25-15-6-4-14(22)5-7-15/h4-8,10,12-13H,3,9,11H2,1-2H3,(H2,24,25,26). The SMILES string of the molecule is COc1cc2nccc(OCCCNC(=O)Nc3ccc(F)cc3)c2cc1OC. The number of carbonyl (C=O) groups is 1. The molecule has 0 bridgehead atoms. The fraction of sp³-hybridized carbons (Fsp3) is 0.238. The molecule has 152 valence electrons.